The summed E-state index contributed by atoms with van der Waals surface area (Å²) in [6.45, 7) is 4.20. The van der Waals surface area contributed by atoms with Crippen molar-refractivity contribution in [3.8, 4) is 11.4 Å². The summed E-state index contributed by atoms with van der Waals surface area (Å²) >= 11 is 0. The van der Waals surface area contributed by atoms with Crippen LogP contribution in [-0.4, -0.2) is 54.7 Å². The Hall–Kier alpha value is -2.26. The molecule has 8 nitrogen and oxygen atoms in total. The number of benzene rings is 1. The van der Waals surface area contributed by atoms with Crippen molar-refractivity contribution in [2.24, 2.45) is 0 Å². The molecule has 0 amide bonds. The quantitative estimate of drug-likeness (QED) is 0.701. The summed E-state index contributed by atoms with van der Waals surface area (Å²) < 4.78 is 27.6. The minimum Gasteiger partial charge on any atom is -0.483 e. The molecule has 9 heteroatoms. The zero-order valence-electron chi connectivity index (χ0n) is 14.5. The number of aromatic nitrogens is 2. The molecule has 0 radical (unpaired) electrons. The van der Waals surface area contributed by atoms with Crippen LogP contribution in [0.2, 0.25) is 0 Å². The molecule has 138 valence electrons. The summed E-state index contributed by atoms with van der Waals surface area (Å²) in [6, 6.07) is 7.81. The lowest BCUT2D eigenvalue weighted by atomic mass is 10.1. The normalized spacial score (nSPS) is 12.1. The number of hydrogen-bond donors (Lipinski definition) is 2. The van der Waals surface area contributed by atoms with E-state index in [2.05, 4.69) is 15.5 Å². The van der Waals surface area contributed by atoms with E-state index in [1.165, 1.54) is 11.8 Å². The number of sulfone groups is 1. The minimum absolute atomic E-state index is 0.102. The Morgan fingerprint density at radius 3 is 2.48 bits per heavy atom. The number of nitrogens with zero attached hydrogens (tertiary/aromatic N) is 2. The Morgan fingerprint density at radius 2 is 1.92 bits per heavy atom. The third kappa shape index (κ3) is 8.41. The van der Waals surface area contributed by atoms with E-state index in [4.69, 9.17) is 14.4 Å². The van der Waals surface area contributed by atoms with Crippen molar-refractivity contribution >= 4 is 16.3 Å². The maximum atomic E-state index is 11.2. The lowest BCUT2D eigenvalue weighted by molar-refractivity contribution is -0.122. The third-order valence-corrected chi connectivity index (χ3v) is 4.27. The number of hydrogen-bond acceptors (Lipinski definition) is 7. The van der Waals surface area contributed by atoms with E-state index in [0.717, 1.165) is 5.56 Å². The highest BCUT2D eigenvalue weighted by Gasteiger charge is 2.11. The van der Waals surface area contributed by atoms with Crippen LogP contribution < -0.4 is 5.32 Å². The van der Waals surface area contributed by atoms with Crippen molar-refractivity contribution < 1.29 is 22.8 Å². The monoisotopic (exact) mass is 369 g/mol. The molecule has 0 saturated carbocycles. The average molecular weight is 369 g/mol. The average Bonchev–Trinajstić information content (AvgIpc) is 2.96. The zero-order chi connectivity index (χ0) is 18.9. The molecule has 1 atom stereocenters. The van der Waals surface area contributed by atoms with Gasteiger partial charge in [-0.15, -0.1) is 0 Å². The number of rotatable bonds is 7. The highest BCUT2D eigenvalue weighted by molar-refractivity contribution is 7.90. The van der Waals surface area contributed by atoms with E-state index in [1.54, 1.807) is 0 Å². The van der Waals surface area contributed by atoms with Gasteiger partial charge in [0, 0.05) is 30.8 Å². The zero-order valence-corrected chi connectivity index (χ0v) is 15.3. The topological polar surface area (TPSA) is 122 Å². The van der Waals surface area contributed by atoms with Gasteiger partial charge < -0.3 is 14.9 Å². The summed E-state index contributed by atoms with van der Waals surface area (Å²) in [5.41, 5.74) is 2.09. The van der Waals surface area contributed by atoms with Gasteiger partial charge in [0.25, 0.3) is 6.47 Å². The van der Waals surface area contributed by atoms with Crippen LogP contribution in [0.25, 0.3) is 11.4 Å². The second-order valence-corrected chi connectivity index (χ2v) is 7.87. The molecule has 0 saturated heterocycles. The maximum Gasteiger partial charge on any atom is 0.290 e. The van der Waals surface area contributed by atoms with Gasteiger partial charge in [-0.3, -0.25) is 4.79 Å². The molecule has 1 aromatic heterocycles. The van der Waals surface area contributed by atoms with Crippen molar-refractivity contribution in [2.45, 2.75) is 26.3 Å². The molecule has 0 fully saturated rings. The molecule has 1 aromatic carbocycles. The molecular formula is C16H23N3O5S. The van der Waals surface area contributed by atoms with Crippen molar-refractivity contribution in [1.82, 2.24) is 15.5 Å². The lowest BCUT2D eigenvalue weighted by Gasteiger charge is -2.11. The minimum atomic E-state index is -2.97. The fraction of sp³-hybridized carbons (Fsp3) is 0.438. The van der Waals surface area contributed by atoms with Gasteiger partial charge in [0.15, 0.2) is 0 Å². The smallest absolute Gasteiger partial charge is 0.290 e. The number of carbonyl (C=O) groups is 1. The Balaban J connectivity index is 0.000000970. The fourth-order valence-electron chi connectivity index (χ4n) is 2.11. The SMILES string of the molecule is Cc1ccc(-c2noc(CCNC(C)CS(C)(=O)=O)n2)cc1.O=CO. The Morgan fingerprint density at radius 1 is 1.32 bits per heavy atom. The number of carboxylic acid groups (broad SMARTS) is 1. The van der Waals surface area contributed by atoms with Crippen molar-refractivity contribution in [2.75, 3.05) is 18.6 Å². The molecule has 0 aliphatic heterocycles. The first-order chi connectivity index (χ1) is 11.7. The van der Waals surface area contributed by atoms with Gasteiger partial charge >= 0.3 is 0 Å². The molecule has 1 heterocycles. The Kier molecular flexibility index (Phi) is 8.23. The van der Waals surface area contributed by atoms with E-state index in [1.807, 2.05) is 38.1 Å². The number of aryl methyl sites for hydroxylation is 1. The highest BCUT2D eigenvalue weighted by atomic mass is 32.2. The van der Waals surface area contributed by atoms with Gasteiger partial charge in [0.05, 0.1) is 5.75 Å². The van der Waals surface area contributed by atoms with Crippen LogP contribution in [0.1, 0.15) is 18.4 Å². The first-order valence-electron chi connectivity index (χ1n) is 7.63. The van der Waals surface area contributed by atoms with Gasteiger partial charge in [-0.2, -0.15) is 4.98 Å². The molecule has 0 spiro atoms. The molecular weight excluding hydrogens is 346 g/mol. The van der Waals surface area contributed by atoms with Crippen LogP contribution in [0, 0.1) is 6.92 Å². The predicted molar refractivity (Wildman–Crippen MR) is 94.0 cm³/mol. The van der Waals surface area contributed by atoms with Gasteiger partial charge in [-0.25, -0.2) is 8.42 Å². The van der Waals surface area contributed by atoms with Crippen molar-refractivity contribution in [3.63, 3.8) is 0 Å². The Bertz CT molecular complexity index is 756. The molecule has 2 N–H and O–H groups in total. The van der Waals surface area contributed by atoms with E-state index < -0.39 is 9.84 Å². The van der Waals surface area contributed by atoms with Crippen molar-refractivity contribution in [1.29, 1.82) is 0 Å². The van der Waals surface area contributed by atoms with Crippen LogP contribution in [0.3, 0.4) is 0 Å². The third-order valence-electron chi connectivity index (χ3n) is 3.16. The van der Waals surface area contributed by atoms with Crippen LogP contribution in [-0.2, 0) is 21.1 Å². The lowest BCUT2D eigenvalue weighted by Crippen LogP contribution is -2.34. The van der Waals surface area contributed by atoms with Crippen LogP contribution in [0.5, 0.6) is 0 Å². The summed E-state index contributed by atoms with van der Waals surface area (Å²) in [6.07, 6.45) is 1.80. The summed E-state index contributed by atoms with van der Waals surface area (Å²) in [4.78, 5) is 12.7. The Labute approximate surface area is 147 Å². The summed E-state index contributed by atoms with van der Waals surface area (Å²) in [7, 11) is -2.97. The van der Waals surface area contributed by atoms with Crippen LogP contribution in [0.4, 0.5) is 0 Å². The molecule has 0 bridgehead atoms. The second-order valence-electron chi connectivity index (χ2n) is 5.68. The summed E-state index contributed by atoms with van der Waals surface area (Å²) in [5.74, 6) is 1.22. The van der Waals surface area contributed by atoms with E-state index in [9.17, 15) is 8.42 Å². The van der Waals surface area contributed by atoms with Gasteiger partial charge in [-0.05, 0) is 13.8 Å². The van der Waals surface area contributed by atoms with Crippen molar-refractivity contribution in [3.05, 3.63) is 35.7 Å². The number of nitrogens with one attached hydrogen (secondary N) is 1. The van der Waals surface area contributed by atoms with Gasteiger partial charge in [0.2, 0.25) is 11.7 Å². The second kappa shape index (κ2) is 9.90. The fourth-order valence-corrected chi connectivity index (χ4v) is 3.14. The highest BCUT2D eigenvalue weighted by Crippen LogP contribution is 2.16. The van der Waals surface area contributed by atoms with E-state index in [0.29, 0.717) is 24.7 Å². The molecule has 0 aliphatic carbocycles. The first-order valence-corrected chi connectivity index (χ1v) is 9.69. The largest absolute Gasteiger partial charge is 0.483 e. The van der Waals surface area contributed by atoms with Crippen LogP contribution in [0.15, 0.2) is 28.8 Å². The van der Waals surface area contributed by atoms with E-state index in [-0.39, 0.29) is 18.3 Å². The first kappa shape index (κ1) is 20.8. The van der Waals surface area contributed by atoms with Gasteiger partial charge in [-0.1, -0.05) is 35.0 Å². The van der Waals surface area contributed by atoms with Gasteiger partial charge in [0.1, 0.15) is 9.84 Å². The molecule has 2 aromatic rings. The molecule has 0 aliphatic rings. The molecule has 25 heavy (non-hydrogen) atoms. The molecule has 2 rings (SSSR count). The standard InChI is InChI=1S/C15H21N3O3S.CH2O2/c1-11-4-6-13(7-5-11)15-17-14(21-18-15)8-9-16-12(2)10-22(3,19)20;2-1-3/h4-7,12,16H,8-10H2,1-3H3;1H,(H,2,3). The molecule has 1 unspecified atom stereocenters. The predicted octanol–water partition coefficient (Wildman–Crippen LogP) is 1.31. The maximum absolute atomic E-state index is 11.2. The van der Waals surface area contributed by atoms with Crippen LogP contribution >= 0.6 is 0 Å². The summed E-state index contributed by atoms with van der Waals surface area (Å²) in [5, 5.41) is 14.0. The van der Waals surface area contributed by atoms with E-state index >= 15 is 0 Å².